The predicted octanol–water partition coefficient (Wildman–Crippen LogP) is 2.59. The van der Waals surface area contributed by atoms with E-state index in [-0.39, 0.29) is 11.9 Å². The van der Waals surface area contributed by atoms with Gasteiger partial charge in [-0.2, -0.15) is 5.10 Å². The van der Waals surface area contributed by atoms with Gasteiger partial charge in [0, 0.05) is 43.5 Å². The molecule has 2 N–H and O–H groups in total. The van der Waals surface area contributed by atoms with Crippen molar-refractivity contribution in [1.82, 2.24) is 14.7 Å². The van der Waals surface area contributed by atoms with Gasteiger partial charge in [-0.1, -0.05) is 24.6 Å². The summed E-state index contributed by atoms with van der Waals surface area (Å²) in [5, 5.41) is 4.24. The third-order valence-corrected chi connectivity index (χ3v) is 5.12. The lowest BCUT2D eigenvalue weighted by molar-refractivity contribution is 0.0533. The molecule has 0 saturated carbocycles. The van der Waals surface area contributed by atoms with Gasteiger partial charge in [-0.05, 0) is 37.8 Å². The van der Waals surface area contributed by atoms with Crippen LogP contribution in [0.1, 0.15) is 35.7 Å². The monoisotopic (exact) mass is 326 g/mol. The maximum absolute atomic E-state index is 13.3. The Bertz CT molecular complexity index is 737. The fourth-order valence-corrected chi connectivity index (χ4v) is 3.71. The number of nitrogens with two attached hydrogens (primary N) is 1. The van der Waals surface area contributed by atoms with E-state index in [1.54, 1.807) is 10.9 Å². The summed E-state index contributed by atoms with van der Waals surface area (Å²) in [6.07, 6.45) is 3.93. The van der Waals surface area contributed by atoms with E-state index in [4.69, 9.17) is 5.73 Å². The Morgan fingerprint density at radius 1 is 1.38 bits per heavy atom. The van der Waals surface area contributed by atoms with Crippen molar-refractivity contribution in [1.29, 1.82) is 0 Å². The number of aryl methyl sites for hydroxylation is 2. The molecule has 2 atom stereocenters. The van der Waals surface area contributed by atoms with Crippen molar-refractivity contribution in [3.05, 3.63) is 41.6 Å². The van der Waals surface area contributed by atoms with Crippen LogP contribution in [0.25, 0.3) is 11.3 Å². The van der Waals surface area contributed by atoms with Crippen LogP contribution in [0, 0.1) is 12.8 Å². The highest BCUT2D eigenvalue weighted by molar-refractivity contribution is 6.01. The molecule has 2 aromatic rings. The van der Waals surface area contributed by atoms with Gasteiger partial charge in [0.15, 0.2) is 0 Å². The first kappa shape index (κ1) is 16.7. The smallest absolute Gasteiger partial charge is 0.254 e. The Morgan fingerprint density at radius 2 is 2.17 bits per heavy atom. The van der Waals surface area contributed by atoms with Crippen molar-refractivity contribution in [3.8, 4) is 11.3 Å². The number of benzene rings is 1. The molecule has 1 amide bonds. The lowest BCUT2D eigenvalue weighted by atomic mass is 9.89. The van der Waals surface area contributed by atoms with Gasteiger partial charge in [0.1, 0.15) is 0 Å². The SMILES string of the molecule is Cc1ccc(-c2ccnn2C)c(C(=O)N2CCC[C@@H](C)C2CN)c1. The van der Waals surface area contributed by atoms with Gasteiger partial charge in [-0.25, -0.2) is 0 Å². The van der Waals surface area contributed by atoms with Crippen LogP contribution in [-0.4, -0.2) is 39.7 Å². The second kappa shape index (κ2) is 6.77. The summed E-state index contributed by atoms with van der Waals surface area (Å²) >= 11 is 0. The largest absolute Gasteiger partial charge is 0.334 e. The van der Waals surface area contributed by atoms with E-state index in [9.17, 15) is 4.79 Å². The number of nitrogens with zero attached hydrogens (tertiary/aromatic N) is 3. The highest BCUT2D eigenvalue weighted by Gasteiger charge is 2.32. The number of rotatable bonds is 3. The third-order valence-electron chi connectivity index (χ3n) is 5.12. The number of carbonyl (C=O) groups is 1. The van der Waals surface area contributed by atoms with Gasteiger partial charge >= 0.3 is 0 Å². The Hall–Kier alpha value is -2.14. The molecule has 0 aliphatic carbocycles. The van der Waals surface area contributed by atoms with Crippen LogP contribution in [0.2, 0.25) is 0 Å². The number of carbonyl (C=O) groups excluding carboxylic acids is 1. The van der Waals surface area contributed by atoms with Gasteiger partial charge < -0.3 is 10.6 Å². The first-order valence-corrected chi connectivity index (χ1v) is 8.63. The van der Waals surface area contributed by atoms with E-state index in [2.05, 4.69) is 12.0 Å². The van der Waals surface area contributed by atoms with Crippen molar-refractivity contribution >= 4 is 5.91 Å². The molecule has 1 unspecified atom stereocenters. The highest BCUT2D eigenvalue weighted by Crippen LogP contribution is 2.29. The molecule has 1 aliphatic rings. The van der Waals surface area contributed by atoms with Gasteiger partial charge in [0.25, 0.3) is 5.91 Å². The lowest BCUT2D eigenvalue weighted by Gasteiger charge is -2.39. The van der Waals surface area contributed by atoms with E-state index in [1.165, 1.54) is 0 Å². The van der Waals surface area contributed by atoms with Gasteiger partial charge in [-0.15, -0.1) is 0 Å². The topological polar surface area (TPSA) is 64.2 Å². The standard InChI is InChI=1S/C19H26N4O/c1-13-6-7-15(17-8-9-21-22(17)3)16(11-13)19(24)23-10-4-5-14(2)18(23)12-20/h6-9,11,14,18H,4-5,10,12,20H2,1-3H3/t14-,18?/m1/s1. The summed E-state index contributed by atoms with van der Waals surface area (Å²) < 4.78 is 1.81. The maximum atomic E-state index is 13.3. The Kier molecular flexibility index (Phi) is 4.71. The summed E-state index contributed by atoms with van der Waals surface area (Å²) in [5.74, 6) is 0.523. The molecule has 0 spiro atoms. The summed E-state index contributed by atoms with van der Waals surface area (Å²) in [6.45, 7) is 5.50. The van der Waals surface area contributed by atoms with Crippen molar-refractivity contribution in [3.63, 3.8) is 0 Å². The Morgan fingerprint density at radius 3 is 2.83 bits per heavy atom. The molecular weight excluding hydrogens is 300 g/mol. The summed E-state index contributed by atoms with van der Waals surface area (Å²) in [5.41, 5.74) is 9.68. The van der Waals surface area contributed by atoms with E-state index in [0.717, 1.165) is 41.8 Å². The summed E-state index contributed by atoms with van der Waals surface area (Å²) in [7, 11) is 1.90. The number of amides is 1. The normalized spacial score (nSPS) is 21.1. The number of aromatic nitrogens is 2. The molecule has 128 valence electrons. The van der Waals surface area contributed by atoms with Crippen LogP contribution in [0.3, 0.4) is 0 Å². The molecule has 1 saturated heterocycles. The highest BCUT2D eigenvalue weighted by atomic mass is 16.2. The van der Waals surface area contributed by atoms with Crippen LogP contribution in [-0.2, 0) is 7.05 Å². The molecule has 0 radical (unpaired) electrons. The van der Waals surface area contributed by atoms with Gasteiger partial charge in [0.2, 0.25) is 0 Å². The summed E-state index contributed by atoms with van der Waals surface area (Å²) in [6, 6.07) is 8.10. The first-order valence-electron chi connectivity index (χ1n) is 8.63. The molecular formula is C19H26N4O. The Labute approximate surface area is 143 Å². The van der Waals surface area contributed by atoms with Crippen LogP contribution in [0.5, 0.6) is 0 Å². The maximum Gasteiger partial charge on any atom is 0.254 e. The lowest BCUT2D eigenvalue weighted by Crippen LogP contribution is -2.51. The van der Waals surface area contributed by atoms with Gasteiger partial charge in [-0.3, -0.25) is 9.48 Å². The van der Waals surface area contributed by atoms with Crippen molar-refractivity contribution in [2.45, 2.75) is 32.7 Å². The fraction of sp³-hybridized carbons (Fsp3) is 0.474. The quantitative estimate of drug-likeness (QED) is 0.943. The molecule has 3 rings (SSSR count). The van der Waals surface area contributed by atoms with E-state index in [0.29, 0.717) is 12.5 Å². The van der Waals surface area contributed by atoms with Gasteiger partial charge in [0.05, 0.1) is 5.69 Å². The number of hydrogen-bond acceptors (Lipinski definition) is 3. The van der Waals surface area contributed by atoms with Crippen LogP contribution in [0.15, 0.2) is 30.5 Å². The minimum Gasteiger partial charge on any atom is -0.334 e. The molecule has 24 heavy (non-hydrogen) atoms. The Balaban J connectivity index is 2.03. The first-order chi connectivity index (χ1) is 11.5. The molecule has 1 aromatic carbocycles. The average Bonchev–Trinajstić information content (AvgIpc) is 2.99. The fourth-order valence-electron chi connectivity index (χ4n) is 3.71. The molecule has 2 heterocycles. The zero-order valence-electron chi connectivity index (χ0n) is 14.7. The number of hydrogen-bond donors (Lipinski definition) is 1. The molecule has 5 nitrogen and oxygen atoms in total. The summed E-state index contributed by atoms with van der Waals surface area (Å²) in [4.78, 5) is 15.3. The second-order valence-corrected chi connectivity index (χ2v) is 6.81. The molecule has 1 fully saturated rings. The van der Waals surface area contributed by atoms with E-state index >= 15 is 0 Å². The van der Waals surface area contributed by atoms with Crippen LogP contribution in [0.4, 0.5) is 0 Å². The second-order valence-electron chi connectivity index (χ2n) is 6.81. The zero-order chi connectivity index (χ0) is 17.3. The van der Waals surface area contributed by atoms with Crippen molar-refractivity contribution < 1.29 is 4.79 Å². The average molecular weight is 326 g/mol. The van der Waals surface area contributed by atoms with Crippen molar-refractivity contribution in [2.24, 2.45) is 18.7 Å². The zero-order valence-corrected chi connectivity index (χ0v) is 14.7. The molecule has 0 bridgehead atoms. The predicted molar refractivity (Wildman–Crippen MR) is 95.7 cm³/mol. The number of piperidine rings is 1. The van der Waals surface area contributed by atoms with E-state index < -0.39 is 0 Å². The molecule has 5 heteroatoms. The number of likely N-dealkylation sites (tertiary alicyclic amines) is 1. The van der Waals surface area contributed by atoms with Crippen molar-refractivity contribution in [2.75, 3.05) is 13.1 Å². The molecule has 1 aliphatic heterocycles. The molecule has 1 aromatic heterocycles. The van der Waals surface area contributed by atoms with Crippen LogP contribution < -0.4 is 5.73 Å². The van der Waals surface area contributed by atoms with E-state index in [1.807, 2.05) is 43.1 Å². The van der Waals surface area contributed by atoms with Crippen LogP contribution >= 0.6 is 0 Å². The third kappa shape index (κ3) is 2.96. The minimum absolute atomic E-state index is 0.0805. The minimum atomic E-state index is 0.0805.